The Morgan fingerprint density at radius 2 is 2.00 bits per heavy atom. The molecule has 0 bridgehead atoms. The number of anilines is 1. The standard InChI is InChI=1S/C9H7F4N3O3/c10-6-3-5(16(18)19)1-2-7(6)15-8(17)14-4-9(11,12)13/h1-3H,4H2,(H2,14,15,17). The van der Waals surface area contributed by atoms with Crippen LogP contribution in [0.4, 0.5) is 33.7 Å². The topological polar surface area (TPSA) is 84.3 Å². The molecule has 2 N–H and O–H groups in total. The molecule has 0 radical (unpaired) electrons. The van der Waals surface area contributed by atoms with Gasteiger partial charge in [0.1, 0.15) is 6.54 Å². The number of alkyl halides is 3. The van der Waals surface area contributed by atoms with Gasteiger partial charge in [-0.05, 0) is 6.07 Å². The molecule has 0 aliphatic rings. The normalized spacial score (nSPS) is 10.9. The van der Waals surface area contributed by atoms with Crippen LogP contribution in [0.15, 0.2) is 18.2 Å². The van der Waals surface area contributed by atoms with Crippen LogP contribution in [0.1, 0.15) is 0 Å². The predicted octanol–water partition coefficient (Wildman–Crippen LogP) is 2.42. The summed E-state index contributed by atoms with van der Waals surface area (Å²) in [5, 5.41) is 13.6. The summed E-state index contributed by atoms with van der Waals surface area (Å²) in [6, 6.07) is 1.05. The Balaban J connectivity index is 2.67. The van der Waals surface area contributed by atoms with Gasteiger partial charge < -0.3 is 10.6 Å². The molecule has 2 amide bonds. The van der Waals surface area contributed by atoms with Gasteiger partial charge in [0.25, 0.3) is 5.69 Å². The first kappa shape index (κ1) is 14.7. The minimum atomic E-state index is -4.59. The SMILES string of the molecule is O=C(NCC(F)(F)F)Nc1ccc([N+](=O)[O-])cc1F. The Morgan fingerprint density at radius 3 is 2.47 bits per heavy atom. The van der Waals surface area contributed by atoms with Crippen LogP contribution >= 0.6 is 0 Å². The Bertz CT molecular complexity index is 504. The van der Waals surface area contributed by atoms with Crippen LogP contribution in [-0.4, -0.2) is 23.7 Å². The third-order valence-electron chi connectivity index (χ3n) is 1.86. The number of carbonyl (C=O) groups excluding carboxylic acids is 1. The molecule has 1 aromatic rings. The van der Waals surface area contributed by atoms with E-state index >= 15 is 0 Å². The van der Waals surface area contributed by atoms with E-state index in [4.69, 9.17) is 0 Å². The number of halogens is 4. The maximum Gasteiger partial charge on any atom is 0.405 e. The predicted molar refractivity (Wildman–Crippen MR) is 56.1 cm³/mol. The summed E-state index contributed by atoms with van der Waals surface area (Å²) in [6.07, 6.45) is -4.59. The zero-order chi connectivity index (χ0) is 14.6. The van der Waals surface area contributed by atoms with Gasteiger partial charge in [-0.25, -0.2) is 9.18 Å². The lowest BCUT2D eigenvalue weighted by Crippen LogP contribution is -2.36. The zero-order valence-corrected chi connectivity index (χ0v) is 9.12. The molecule has 0 fully saturated rings. The zero-order valence-electron chi connectivity index (χ0n) is 9.12. The molecule has 0 aliphatic heterocycles. The van der Waals surface area contributed by atoms with E-state index < -0.39 is 40.9 Å². The number of non-ortho nitro benzene ring substituents is 1. The minimum absolute atomic E-state index is 0.467. The van der Waals surface area contributed by atoms with Crippen LogP contribution in [0.5, 0.6) is 0 Å². The number of nitro benzene ring substituents is 1. The number of hydrogen-bond donors (Lipinski definition) is 2. The maximum atomic E-state index is 13.3. The molecule has 0 spiro atoms. The van der Waals surface area contributed by atoms with E-state index in [2.05, 4.69) is 0 Å². The highest BCUT2D eigenvalue weighted by Gasteiger charge is 2.27. The molecule has 0 saturated heterocycles. The molecular formula is C9H7F4N3O3. The lowest BCUT2D eigenvalue weighted by atomic mass is 10.2. The second-order valence-corrected chi connectivity index (χ2v) is 3.34. The van der Waals surface area contributed by atoms with Crippen LogP contribution in [-0.2, 0) is 0 Å². The van der Waals surface area contributed by atoms with Gasteiger partial charge in [-0.3, -0.25) is 10.1 Å². The molecule has 10 heteroatoms. The Hall–Kier alpha value is -2.39. The van der Waals surface area contributed by atoms with Crippen molar-refractivity contribution in [2.24, 2.45) is 0 Å². The summed E-state index contributed by atoms with van der Waals surface area (Å²) in [6.45, 7) is -1.58. The third kappa shape index (κ3) is 4.77. The summed E-state index contributed by atoms with van der Waals surface area (Å²) < 4.78 is 48.6. The van der Waals surface area contributed by atoms with Crippen molar-refractivity contribution >= 4 is 17.4 Å². The van der Waals surface area contributed by atoms with Crippen LogP contribution in [0, 0.1) is 15.9 Å². The van der Waals surface area contributed by atoms with Gasteiger partial charge in [0.05, 0.1) is 16.7 Å². The van der Waals surface area contributed by atoms with E-state index in [0.717, 1.165) is 12.1 Å². The number of hydrogen-bond acceptors (Lipinski definition) is 3. The average molecular weight is 281 g/mol. The van der Waals surface area contributed by atoms with Gasteiger partial charge in [-0.2, -0.15) is 13.2 Å². The third-order valence-corrected chi connectivity index (χ3v) is 1.86. The first-order valence-electron chi connectivity index (χ1n) is 4.74. The molecule has 104 valence electrons. The van der Waals surface area contributed by atoms with E-state index in [1.165, 1.54) is 5.32 Å². The largest absolute Gasteiger partial charge is 0.405 e. The molecule has 0 atom stereocenters. The molecule has 1 rings (SSSR count). The van der Waals surface area contributed by atoms with Crippen molar-refractivity contribution in [1.82, 2.24) is 5.32 Å². The number of urea groups is 1. The Kier molecular flexibility index (Phi) is 4.25. The summed E-state index contributed by atoms with van der Waals surface area (Å²) in [5.74, 6) is -1.13. The Labute approximate surface area is 103 Å². The summed E-state index contributed by atoms with van der Waals surface area (Å²) in [4.78, 5) is 20.5. The number of nitro groups is 1. The van der Waals surface area contributed by atoms with Crippen molar-refractivity contribution in [3.63, 3.8) is 0 Å². The second kappa shape index (κ2) is 5.50. The number of nitrogens with zero attached hydrogens (tertiary/aromatic N) is 1. The minimum Gasteiger partial charge on any atom is -0.329 e. The first-order valence-corrected chi connectivity index (χ1v) is 4.74. The van der Waals surface area contributed by atoms with Crippen molar-refractivity contribution in [3.8, 4) is 0 Å². The number of benzene rings is 1. The number of nitrogens with one attached hydrogen (secondary N) is 2. The molecule has 1 aromatic carbocycles. The highest BCUT2D eigenvalue weighted by Crippen LogP contribution is 2.20. The number of rotatable bonds is 3. The van der Waals surface area contributed by atoms with Gasteiger partial charge >= 0.3 is 12.2 Å². The smallest absolute Gasteiger partial charge is 0.329 e. The summed E-state index contributed by atoms with van der Waals surface area (Å²) in [7, 11) is 0. The van der Waals surface area contributed by atoms with Gasteiger partial charge in [-0.1, -0.05) is 0 Å². The lowest BCUT2D eigenvalue weighted by Gasteiger charge is -2.10. The van der Waals surface area contributed by atoms with E-state index in [1.807, 2.05) is 0 Å². The number of carbonyl (C=O) groups is 1. The van der Waals surface area contributed by atoms with Crippen LogP contribution in [0.25, 0.3) is 0 Å². The average Bonchev–Trinajstić information content (AvgIpc) is 2.28. The molecular weight excluding hydrogens is 274 g/mol. The quantitative estimate of drug-likeness (QED) is 0.507. The van der Waals surface area contributed by atoms with Gasteiger partial charge in [-0.15, -0.1) is 0 Å². The Morgan fingerprint density at radius 1 is 1.37 bits per heavy atom. The molecule has 0 aliphatic carbocycles. The van der Waals surface area contributed by atoms with Crippen molar-refractivity contribution in [2.75, 3.05) is 11.9 Å². The second-order valence-electron chi connectivity index (χ2n) is 3.34. The maximum absolute atomic E-state index is 13.3. The monoisotopic (exact) mass is 281 g/mol. The van der Waals surface area contributed by atoms with Crippen molar-refractivity contribution in [1.29, 1.82) is 0 Å². The fourth-order valence-electron chi connectivity index (χ4n) is 1.07. The highest BCUT2D eigenvalue weighted by atomic mass is 19.4. The first-order chi connectivity index (χ1) is 8.69. The van der Waals surface area contributed by atoms with Crippen molar-refractivity contribution in [2.45, 2.75) is 6.18 Å². The molecule has 6 nitrogen and oxygen atoms in total. The van der Waals surface area contributed by atoms with Crippen molar-refractivity contribution in [3.05, 3.63) is 34.1 Å². The molecule has 0 unspecified atom stereocenters. The molecule has 19 heavy (non-hydrogen) atoms. The van der Waals surface area contributed by atoms with Gasteiger partial charge in [0.2, 0.25) is 0 Å². The van der Waals surface area contributed by atoms with Gasteiger partial charge in [0.15, 0.2) is 5.82 Å². The van der Waals surface area contributed by atoms with Gasteiger partial charge in [0, 0.05) is 6.07 Å². The highest BCUT2D eigenvalue weighted by molar-refractivity contribution is 5.89. The number of amides is 2. The molecule has 0 saturated carbocycles. The molecule has 0 aromatic heterocycles. The van der Waals surface area contributed by atoms with Crippen LogP contribution < -0.4 is 10.6 Å². The van der Waals surface area contributed by atoms with Crippen LogP contribution in [0.3, 0.4) is 0 Å². The van der Waals surface area contributed by atoms with E-state index in [-0.39, 0.29) is 0 Å². The molecule has 0 heterocycles. The van der Waals surface area contributed by atoms with Crippen molar-refractivity contribution < 1.29 is 27.3 Å². The van der Waals surface area contributed by atoms with E-state index in [0.29, 0.717) is 6.07 Å². The van der Waals surface area contributed by atoms with E-state index in [1.54, 1.807) is 5.32 Å². The van der Waals surface area contributed by atoms with E-state index in [9.17, 15) is 32.5 Å². The lowest BCUT2D eigenvalue weighted by molar-refractivity contribution is -0.385. The summed E-state index contributed by atoms with van der Waals surface area (Å²) >= 11 is 0. The van der Waals surface area contributed by atoms with Crippen LogP contribution in [0.2, 0.25) is 0 Å². The fraction of sp³-hybridized carbons (Fsp3) is 0.222. The summed E-state index contributed by atoms with van der Waals surface area (Å²) in [5.41, 5.74) is -1.01. The fourth-order valence-corrected chi connectivity index (χ4v) is 1.07.